The maximum Gasteiger partial charge on any atom is 0.294 e. The Kier molecular flexibility index (Phi) is 2.49. The first-order valence-electron chi connectivity index (χ1n) is 4.54. The van der Waals surface area contributed by atoms with E-state index in [1.807, 2.05) is 31.2 Å². The third-order valence-corrected chi connectivity index (χ3v) is 1.94. The molecule has 1 aromatic heterocycles. The maximum atomic E-state index is 11.5. The summed E-state index contributed by atoms with van der Waals surface area (Å²) >= 11 is 0. The topological polar surface area (TPSA) is 55.1 Å². The molecule has 1 amide bonds. The van der Waals surface area contributed by atoms with Crippen LogP contribution in [0.15, 0.2) is 41.1 Å². The lowest BCUT2D eigenvalue weighted by Crippen LogP contribution is -2.10. The number of nitrogens with zero attached hydrogens (tertiary/aromatic N) is 1. The lowest BCUT2D eigenvalue weighted by Gasteiger charge is -2.02. The number of nitrogens with one attached hydrogen (secondary N) is 1. The number of carbonyl (C=O) groups excluding carboxylic acids is 1. The molecule has 0 saturated heterocycles. The van der Waals surface area contributed by atoms with Crippen molar-refractivity contribution in [2.45, 2.75) is 6.92 Å². The zero-order valence-electron chi connectivity index (χ0n) is 8.23. The summed E-state index contributed by atoms with van der Waals surface area (Å²) in [5.74, 6) is -0.0883. The second-order valence-corrected chi connectivity index (χ2v) is 3.20. The van der Waals surface area contributed by atoms with Crippen molar-refractivity contribution in [2.24, 2.45) is 0 Å². The molecule has 0 bridgehead atoms. The van der Waals surface area contributed by atoms with Crippen LogP contribution in [0.3, 0.4) is 0 Å². The van der Waals surface area contributed by atoms with E-state index in [1.54, 1.807) is 0 Å². The van der Waals surface area contributed by atoms with Gasteiger partial charge in [0, 0.05) is 11.8 Å². The van der Waals surface area contributed by atoms with Crippen LogP contribution in [0.4, 0.5) is 5.69 Å². The molecule has 0 unspecified atom stereocenters. The summed E-state index contributed by atoms with van der Waals surface area (Å²) in [6, 6.07) is 9.07. The number of hydrogen-bond acceptors (Lipinski definition) is 3. The van der Waals surface area contributed by atoms with E-state index in [0.29, 0.717) is 0 Å². The molecule has 0 aliphatic heterocycles. The molecule has 1 N–H and O–H groups in total. The van der Waals surface area contributed by atoms with Gasteiger partial charge in [0.2, 0.25) is 5.76 Å². The molecule has 0 spiro atoms. The minimum atomic E-state index is -0.293. The zero-order valence-corrected chi connectivity index (χ0v) is 8.23. The Hall–Kier alpha value is -2.10. The van der Waals surface area contributed by atoms with Crippen LogP contribution in [0.25, 0.3) is 0 Å². The Morgan fingerprint density at radius 3 is 2.93 bits per heavy atom. The highest BCUT2D eigenvalue weighted by molar-refractivity contribution is 6.02. The molecular weight excluding hydrogens is 192 g/mol. The number of hydrogen-bond donors (Lipinski definition) is 1. The van der Waals surface area contributed by atoms with Crippen molar-refractivity contribution < 1.29 is 9.32 Å². The second-order valence-electron chi connectivity index (χ2n) is 3.20. The fraction of sp³-hybridized carbons (Fsp3) is 0.0909. The van der Waals surface area contributed by atoms with E-state index in [2.05, 4.69) is 10.5 Å². The summed E-state index contributed by atoms with van der Waals surface area (Å²) in [5.41, 5.74) is 1.83. The molecule has 0 saturated carbocycles. The van der Waals surface area contributed by atoms with E-state index in [4.69, 9.17) is 4.52 Å². The zero-order chi connectivity index (χ0) is 10.7. The van der Waals surface area contributed by atoms with Gasteiger partial charge >= 0.3 is 0 Å². The van der Waals surface area contributed by atoms with Gasteiger partial charge in [-0.3, -0.25) is 4.79 Å². The van der Waals surface area contributed by atoms with Gasteiger partial charge in [-0.05, 0) is 24.6 Å². The Morgan fingerprint density at radius 2 is 2.27 bits per heavy atom. The number of amides is 1. The lowest BCUT2D eigenvalue weighted by molar-refractivity contribution is 0.0988. The molecule has 4 nitrogen and oxygen atoms in total. The van der Waals surface area contributed by atoms with Crippen molar-refractivity contribution in [1.29, 1.82) is 0 Å². The molecule has 0 aliphatic carbocycles. The summed E-state index contributed by atoms with van der Waals surface area (Å²) in [6.45, 7) is 1.96. The molecule has 2 rings (SSSR count). The van der Waals surface area contributed by atoms with Gasteiger partial charge in [-0.1, -0.05) is 17.3 Å². The minimum absolute atomic E-state index is 0.205. The Morgan fingerprint density at radius 1 is 1.40 bits per heavy atom. The van der Waals surface area contributed by atoms with Gasteiger partial charge in [-0.2, -0.15) is 0 Å². The van der Waals surface area contributed by atoms with Crippen LogP contribution in [-0.4, -0.2) is 11.1 Å². The third-order valence-electron chi connectivity index (χ3n) is 1.94. The maximum absolute atomic E-state index is 11.5. The number of anilines is 1. The molecule has 0 fully saturated rings. The first kappa shape index (κ1) is 9.45. The van der Waals surface area contributed by atoms with Gasteiger partial charge < -0.3 is 9.84 Å². The normalized spacial score (nSPS) is 9.93. The summed E-state index contributed by atoms with van der Waals surface area (Å²) in [4.78, 5) is 11.5. The van der Waals surface area contributed by atoms with Gasteiger partial charge in [0.05, 0.1) is 6.20 Å². The predicted molar refractivity (Wildman–Crippen MR) is 55.6 cm³/mol. The van der Waals surface area contributed by atoms with Gasteiger partial charge in [0.15, 0.2) is 0 Å². The van der Waals surface area contributed by atoms with Gasteiger partial charge in [-0.15, -0.1) is 0 Å². The van der Waals surface area contributed by atoms with Crippen molar-refractivity contribution in [2.75, 3.05) is 5.32 Å². The SMILES string of the molecule is Cc1cccc(NC(=O)c2ccno2)c1. The monoisotopic (exact) mass is 202 g/mol. The van der Waals surface area contributed by atoms with Crippen molar-refractivity contribution in [3.63, 3.8) is 0 Å². The fourth-order valence-electron chi connectivity index (χ4n) is 1.25. The first-order chi connectivity index (χ1) is 7.25. The van der Waals surface area contributed by atoms with Crippen molar-refractivity contribution in [3.05, 3.63) is 47.9 Å². The average molecular weight is 202 g/mol. The number of carbonyl (C=O) groups is 1. The number of rotatable bonds is 2. The minimum Gasteiger partial charge on any atom is -0.351 e. The highest BCUT2D eigenvalue weighted by Crippen LogP contribution is 2.11. The number of benzene rings is 1. The smallest absolute Gasteiger partial charge is 0.294 e. The van der Waals surface area contributed by atoms with E-state index in [1.165, 1.54) is 12.3 Å². The summed E-state index contributed by atoms with van der Waals surface area (Å²) < 4.78 is 4.74. The summed E-state index contributed by atoms with van der Waals surface area (Å²) in [5, 5.41) is 6.18. The Labute approximate surface area is 86.9 Å². The van der Waals surface area contributed by atoms with Crippen molar-refractivity contribution >= 4 is 11.6 Å². The summed E-state index contributed by atoms with van der Waals surface area (Å²) in [7, 11) is 0. The molecule has 15 heavy (non-hydrogen) atoms. The molecule has 1 heterocycles. The van der Waals surface area contributed by atoms with Crippen LogP contribution in [0.1, 0.15) is 16.1 Å². The van der Waals surface area contributed by atoms with Gasteiger partial charge in [0.25, 0.3) is 5.91 Å². The predicted octanol–water partition coefficient (Wildman–Crippen LogP) is 2.24. The molecule has 0 radical (unpaired) electrons. The molecule has 2 aromatic rings. The van der Waals surface area contributed by atoms with Crippen molar-refractivity contribution in [3.8, 4) is 0 Å². The second kappa shape index (κ2) is 3.96. The number of aryl methyl sites for hydroxylation is 1. The van der Waals surface area contributed by atoms with Crippen LogP contribution in [-0.2, 0) is 0 Å². The molecule has 0 atom stereocenters. The highest BCUT2D eigenvalue weighted by Gasteiger charge is 2.09. The van der Waals surface area contributed by atoms with Crippen LogP contribution in [0, 0.1) is 6.92 Å². The molecule has 76 valence electrons. The molecule has 4 heteroatoms. The standard InChI is InChI=1S/C11H10N2O2/c1-8-3-2-4-9(7-8)13-11(14)10-5-6-12-15-10/h2-7H,1H3,(H,13,14). The van der Waals surface area contributed by atoms with Crippen LogP contribution in [0.5, 0.6) is 0 Å². The lowest BCUT2D eigenvalue weighted by atomic mass is 10.2. The number of aromatic nitrogens is 1. The summed E-state index contributed by atoms with van der Waals surface area (Å²) in [6.07, 6.45) is 1.44. The Bertz CT molecular complexity index is 463. The van der Waals surface area contributed by atoms with Crippen LogP contribution >= 0.6 is 0 Å². The highest BCUT2D eigenvalue weighted by atomic mass is 16.5. The third kappa shape index (κ3) is 2.22. The first-order valence-corrected chi connectivity index (χ1v) is 4.54. The van der Waals surface area contributed by atoms with Gasteiger partial charge in [-0.25, -0.2) is 0 Å². The van der Waals surface area contributed by atoms with Gasteiger partial charge in [0.1, 0.15) is 0 Å². The average Bonchev–Trinajstić information content (AvgIpc) is 2.70. The van der Waals surface area contributed by atoms with E-state index < -0.39 is 0 Å². The van der Waals surface area contributed by atoms with Crippen LogP contribution < -0.4 is 5.32 Å². The Balaban J connectivity index is 2.13. The molecule has 0 aliphatic rings. The van der Waals surface area contributed by atoms with E-state index >= 15 is 0 Å². The molecule has 1 aromatic carbocycles. The van der Waals surface area contributed by atoms with E-state index in [-0.39, 0.29) is 11.7 Å². The molecular formula is C11H10N2O2. The van der Waals surface area contributed by atoms with E-state index in [9.17, 15) is 4.79 Å². The quantitative estimate of drug-likeness (QED) is 0.812. The van der Waals surface area contributed by atoms with Crippen LogP contribution in [0.2, 0.25) is 0 Å². The largest absolute Gasteiger partial charge is 0.351 e. The fourth-order valence-corrected chi connectivity index (χ4v) is 1.25. The van der Waals surface area contributed by atoms with E-state index in [0.717, 1.165) is 11.3 Å². The van der Waals surface area contributed by atoms with Crippen molar-refractivity contribution in [1.82, 2.24) is 5.16 Å².